The smallest absolute Gasteiger partial charge is 0.217 e. The fourth-order valence-electron chi connectivity index (χ4n) is 4.80. The van der Waals surface area contributed by atoms with Crippen LogP contribution in [0, 0.1) is 56.2 Å². The van der Waals surface area contributed by atoms with Crippen LogP contribution >= 0.6 is 0 Å². The van der Waals surface area contributed by atoms with Crippen LogP contribution in [-0.2, 0) is 9.47 Å². The topological polar surface area (TPSA) is 114 Å². The molecule has 2 heterocycles. The van der Waals surface area contributed by atoms with Crippen molar-refractivity contribution < 1.29 is 9.47 Å². The molecule has 6 heteroatoms. The Kier molecular flexibility index (Phi) is 4.02. The molecule has 3 fully saturated rings. The standard InChI is InChI=1S/C18H22N4O2/c1-2-3-8-14-16(10-19,11-20)17(12-21)13-7-5-4-6-9-18(13,23-14)24-15(17)22/h13-14,22H,2-9H2,1H3. The predicted molar refractivity (Wildman–Crippen MR) is 84.2 cm³/mol. The quantitative estimate of drug-likeness (QED) is 0.853. The first-order valence-electron chi connectivity index (χ1n) is 8.76. The van der Waals surface area contributed by atoms with E-state index < -0.39 is 28.6 Å². The highest BCUT2D eigenvalue weighted by atomic mass is 16.7. The van der Waals surface area contributed by atoms with Crippen molar-refractivity contribution in [1.82, 2.24) is 0 Å². The molecule has 24 heavy (non-hydrogen) atoms. The summed E-state index contributed by atoms with van der Waals surface area (Å²) in [6.45, 7) is 2.03. The zero-order chi connectivity index (χ0) is 17.4. The van der Waals surface area contributed by atoms with Crippen LogP contribution in [0.2, 0.25) is 0 Å². The van der Waals surface area contributed by atoms with Crippen LogP contribution in [0.5, 0.6) is 0 Å². The first-order chi connectivity index (χ1) is 11.6. The Hall–Kier alpha value is -2.10. The van der Waals surface area contributed by atoms with Crippen molar-refractivity contribution in [2.75, 3.05) is 0 Å². The maximum atomic E-state index is 10.1. The van der Waals surface area contributed by atoms with Crippen molar-refractivity contribution in [2.45, 2.75) is 70.2 Å². The summed E-state index contributed by atoms with van der Waals surface area (Å²) in [7, 11) is 0. The second-order valence-electron chi connectivity index (χ2n) is 7.10. The molecule has 0 radical (unpaired) electrons. The van der Waals surface area contributed by atoms with Crippen LogP contribution in [0.3, 0.4) is 0 Å². The van der Waals surface area contributed by atoms with E-state index in [0.29, 0.717) is 19.3 Å². The van der Waals surface area contributed by atoms with Crippen molar-refractivity contribution in [3.8, 4) is 18.2 Å². The van der Waals surface area contributed by atoms with Crippen molar-refractivity contribution in [1.29, 1.82) is 21.2 Å². The van der Waals surface area contributed by atoms with Gasteiger partial charge in [-0.15, -0.1) is 0 Å². The first-order valence-corrected chi connectivity index (χ1v) is 8.76. The van der Waals surface area contributed by atoms with Gasteiger partial charge in [-0.25, -0.2) is 0 Å². The number of hydrogen-bond donors (Lipinski definition) is 1. The maximum Gasteiger partial charge on any atom is 0.217 e. The van der Waals surface area contributed by atoms with E-state index in [-0.39, 0.29) is 5.90 Å². The highest BCUT2D eigenvalue weighted by molar-refractivity contribution is 5.89. The molecule has 2 saturated heterocycles. The monoisotopic (exact) mass is 326 g/mol. The molecule has 2 bridgehead atoms. The van der Waals surface area contributed by atoms with Gasteiger partial charge in [0, 0.05) is 6.42 Å². The van der Waals surface area contributed by atoms with Gasteiger partial charge in [0.2, 0.25) is 11.7 Å². The van der Waals surface area contributed by atoms with E-state index in [2.05, 4.69) is 18.2 Å². The second-order valence-corrected chi connectivity index (χ2v) is 7.10. The molecule has 4 atom stereocenters. The number of unbranched alkanes of at least 4 members (excludes halogenated alkanes) is 1. The molecule has 4 unspecified atom stereocenters. The lowest BCUT2D eigenvalue weighted by molar-refractivity contribution is -0.283. The molecule has 1 aliphatic carbocycles. The average Bonchev–Trinajstić information content (AvgIpc) is 2.73. The summed E-state index contributed by atoms with van der Waals surface area (Å²) < 4.78 is 12.1. The Balaban J connectivity index is 2.20. The predicted octanol–water partition coefficient (Wildman–Crippen LogP) is 3.40. The van der Waals surface area contributed by atoms with E-state index in [1.165, 1.54) is 0 Å². The van der Waals surface area contributed by atoms with Gasteiger partial charge in [-0.1, -0.05) is 32.6 Å². The van der Waals surface area contributed by atoms with Gasteiger partial charge in [0.05, 0.1) is 30.2 Å². The Labute approximate surface area is 142 Å². The van der Waals surface area contributed by atoms with Crippen molar-refractivity contribution in [3.63, 3.8) is 0 Å². The van der Waals surface area contributed by atoms with Crippen LogP contribution in [-0.4, -0.2) is 17.8 Å². The Morgan fingerprint density at radius 2 is 1.92 bits per heavy atom. The minimum absolute atomic E-state index is 0.251. The van der Waals surface area contributed by atoms with Gasteiger partial charge in [0.25, 0.3) is 0 Å². The molecule has 0 amide bonds. The first kappa shape index (κ1) is 16.7. The largest absolute Gasteiger partial charge is 0.447 e. The van der Waals surface area contributed by atoms with Crippen LogP contribution in [0.25, 0.3) is 0 Å². The summed E-state index contributed by atoms with van der Waals surface area (Å²) in [6.07, 6.45) is 5.56. The summed E-state index contributed by atoms with van der Waals surface area (Å²) in [5, 5.41) is 38.4. The highest BCUT2D eigenvalue weighted by Gasteiger charge is 2.79. The zero-order valence-electron chi connectivity index (χ0n) is 14.0. The third-order valence-corrected chi connectivity index (χ3v) is 6.00. The van der Waals surface area contributed by atoms with E-state index >= 15 is 0 Å². The summed E-state index contributed by atoms with van der Waals surface area (Å²) in [5.74, 6) is -1.69. The van der Waals surface area contributed by atoms with Crippen LogP contribution in [0.15, 0.2) is 0 Å². The van der Waals surface area contributed by atoms with Gasteiger partial charge in [0.15, 0.2) is 10.8 Å². The van der Waals surface area contributed by atoms with Gasteiger partial charge < -0.3 is 9.47 Å². The molecule has 0 aromatic carbocycles. The summed E-state index contributed by atoms with van der Waals surface area (Å²) in [4.78, 5) is 0. The number of nitrogens with zero attached hydrogens (tertiary/aromatic N) is 3. The van der Waals surface area contributed by atoms with Crippen LogP contribution in [0.4, 0.5) is 0 Å². The molecule has 2 aliphatic heterocycles. The number of nitriles is 3. The van der Waals surface area contributed by atoms with Crippen LogP contribution < -0.4 is 0 Å². The van der Waals surface area contributed by atoms with Crippen molar-refractivity contribution in [2.24, 2.45) is 16.7 Å². The van der Waals surface area contributed by atoms with E-state index in [1.807, 2.05) is 6.92 Å². The van der Waals surface area contributed by atoms with Crippen LogP contribution in [0.1, 0.15) is 58.3 Å². The van der Waals surface area contributed by atoms with Crippen molar-refractivity contribution in [3.05, 3.63) is 0 Å². The molecule has 0 spiro atoms. The van der Waals surface area contributed by atoms with E-state index in [0.717, 1.165) is 32.1 Å². The van der Waals surface area contributed by atoms with Gasteiger partial charge >= 0.3 is 0 Å². The fraction of sp³-hybridized carbons (Fsp3) is 0.778. The number of ether oxygens (including phenoxy) is 2. The Morgan fingerprint density at radius 3 is 2.54 bits per heavy atom. The van der Waals surface area contributed by atoms with E-state index in [4.69, 9.17) is 14.9 Å². The summed E-state index contributed by atoms with van der Waals surface area (Å²) in [5.41, 5.74) is -3.22. The highest BCUT2D eigenvalue weighted by Crippen LogP contribution is 2.66. The molecule has 0 aromatic rings. The number of hydrogen-bond acceptors (Lipinski definition) is 6. The summed E-state index contributed by atoms with van der Waals surface area (Å²) in [6, 6.07) is 6.40. The maximum absolute atomic E-state index is 10.1. The molecule has 1 saturated carbocycles. The lowest BCUT2D eigenvalue weighted by Crippen LogP contribution is -2.62. The molecule has 126 valence electrons. The minimum atomic E-state index is -1.69. The molecule has 3 rings (SSSR count). The zero-order valence-corrected chi connectivity index (χ0v) is 14.0. The molecule has 6 nitrogen and oxygen atoms in total. The lowest BCUT2D eigenvalue weighted by Gasteiger charge is -2.49. The lowest BCUT2D eigenvalue weighted by atomic mass is 9.53. The molecular weight excluding hydrogens is 304 g/mol. The van der Waals surface area contributed by atoms with Gasteiger partial charge in [-0.2, -0.15) is 15.8 Å². The van der Waals surface area contributed by atoms with Gasteiger partial charge in [0.1, 0.15) is 0 Å². The van der Waals surface area contributed by atoms with E-state index in [1.54, 1.807) is 0 Å². The second kappa shape index (κ2) is 5.76. The summed E-state index contributed by atoms with van der Waals surface area (Å²) >= 11 is 0. The van der Waals surface area contributed by atoms with Gasteiger partial charge in [-0.05, 0) is 19.3 Å². The average molecular weight is 326 g/mol. The molecule has 1 N–H and O–H groups in total. The van der Waals surface area contributed by atoms with Crippen molar-refractivity contribution >= 4 is 5.90 Å². The van der Waals surface area contributed by atoms with E-state index in [9.17, 15) is 15.8 Å². The SMILES string of the molecule is CCCCC1OC23CCCCCC2C(C#N)(C(=N)O3)C1(C#N)C#N. The molecular formula is C18H22N4O2. The third kappa shape index (κ3) is 1.80. The molecule has 0 aromatic heterocycles. The third-order valence-electron chi connectivity index (χ3n) is 6.00. The van der Waals surface area contributed by atoms with Gasteiger partial charge in [-0.3, -0.25) is 5.41 Å². The number of nitrogens with one attached hydrogen (secondary N) is 1. The number of rotatable bonds is 3. The normalized spacial score (nSPS) is 39.5. The Morgan fingerprint density at radius 1 is 1.17 bits per heavy atom. The fourth-order valence-corrected chi connectivity index (χ4v) is 4.80. The Bertz CT molecular complexity index is 656. The minimum Gasteiger partial charge on any atom is -0.447 e. The molecule has 3 aliphatic rings.